The Labute approximate surface area is 117 Å². The zero-order valence-electron chi connectivity index (χ0n) is 10.8. The minimum absolute atomic E-state index is 0.117. The van der Waals surface area contributed by atoms with Crippen LogP contribution in [0.5, 0.6) is 0 Å². The lowest BCUT2D eigenvalue weighted by molar-refractivity contribution is -0.00261. The lowest BCUT2D eigenvalue weighted by atomic mass is 10.1. The van der Waals surface area contributed by atoms with Crippen molar-refractivity contribution in [3.63, 3.8) is 0 Å². The second-order valence-corrected chi connectivity index (χ2v) is 6.46. The Balaban J connectivity index is 1.83. The summed E-state index contributed by atoms with van der Waals surface area (Å²) in [4.78, 5) is 6.42. The van der Waals surface area contributed by atoms with E-state index in [0.29, 0.717) is 19.7 Å². The predicted octanol–water partition coefficient (Wildman–Crippen LogP) is 1.17. The Morgan fingerprint density at radius 3 is 2.80 bits per heavy atom. The summed E-state index contributed by atoms with van der Waals surface area (Å²) in [6.07, 6.45) is 2.45. The molecule has 6 nitrogen and oxygen atoms in total. The Kier molecular flexibility index (Phi) is 3.56. The maximum Gasteiger partial charge on any atom is 0.260 e. The van der Waals surface area contributed by atoms with Gasteiger partial charge in [-0.1, -0.05) is 30.3 Å². The fourth-order valence-electron chi connectivity index (χ4n) is 2.24. The second-order valence-electron chi connectivity index (χ2n) is 4.55. The summed E-state index contributed by atoms with van der Waals surface area (Å²) in [5.41, 5.74) is 0.983. The van der Waals surface area contributed by atoms with E-state index in [4.69, 9.17) is 4.74 Å². The van der Waals surface area contributed by atoms with Crippen molar-refractivity contribution in [2.24, 2.45) is 0 Å². The SMILES string of the molecule is O=S(=O)(c1cnc[nH]1)N1CCOC(c2ccccc2)C1. The van der Waals surface area contributed by atoms with Crippen molar-refractivity contribution in [3.8, 4) is 0 Å². The summed E-state index contributed by atoms with van der Waals surface area (Å²) in [7, 11) is -3.52. The summed E-state index contributed by atoms with van der Waals surface area (Å²) in [5.74, 6) is 0. The average Bonchev–Trinajstić information content (AvgIpc) is 3.03. The molecule has 0 radical (unpaired) electrons. The quantitative estimate of drug-likeness (QED) is 0.922. The zero-order chi connectivity index (χ0) is 14.0. The van der Waals surface area contributed by atoms with Crippen LogP contribution in [-0.2, 0) is 14.8 Å². The standard InChI is InChI=1S/C13H15N3O3S/c17-20(18,13-8-14-10-15-13)16-6-7-19-12(9-16)11-4-2-1-3-5-11/h1-5,8,10,12H,6-7,9H2,(H,14,15). The van der Waals surface area contributed by atoms with Gasteiger partial charge >= 0.3 is 0 Å². The summed E-state index contributed by atoms with van der Waals surface area (Å²) in [5, 5.41) is 0.117. The second kappa shape index (κ2) is 5.35. The molecular formula is C13H15N3O3S. The molecule has 1 aromatic carbocycles. The summed E-state index contributed by atoms with van der Waals surface area (Å²) >= 11 is 0. The molecule has 1 N–H and O–H groups in total. The molecule has 1 aromatic heterocycles. The van der Waals surface area contributed by atoms with Crippen molar-refractivity contribution in [1.29, 1.82) is 0 Å². The van der Waals surface area contributed by atoms with Gasteiger partial charge in [0.25, 0.3) is 10.0 Å². The number of hydrogen-bond acceptors (Lipinski definition) is 4. The van der Waals surface area contributed by atoms with Gasteiger partial charge in [0, 0.05) is 13.1 Å². The van der Waals surface area contributed by atoms with Crippen molar-refractivity contribution >= 4 is 10.0 Å². The molecule has 1 aliphatic rings. The van der Waals surface area contributed by atoms with Crippen LogP contribution in [0.3, 0.4) is 0 Å². The molecule has 7 heteroatoms. The highest BCUT2D eigenvalue weighted by atomic mass is 32.2. The summed E-state index contributed by atoms with van der Waals surface area (Å²) < 4.78 is 32.0. The van der Waals surface area contributed by atoms with Gasteiger partial charge in [0.2, 0.25) is 0 Å². The first-order chi connectivity index (χ1) is 9.68. The van der Waals surface area contributed by atoms with Gasteiger partial charge in [0.15, 0.2) is 5.03 Å². The van der Waals surface area contributed by atoms with E-state index in [-0.39, 0.29) is 11.1 Å². The van der Waals surface area contributed by atoms with Crippen LogP contribution >= 0.6 is 0 Å². The average molecular weight is 293 g/mol. The van der Waals surface area contributed by atoms with Gasteiger partial charge in [-0.05, 0) is 5.56 Å². The molecule has 1 atom stereocenters. The number of imidazole rings is 1. The number of nitrogens with one attached hydrogen (secondary N) is 1. The number of benzene rings is 1. The first kappa shape index (κ1) is 13.3. The highest BCUT2D eigenvalue weighted by Gasteiger charge is 2.32. The molecule has 0 bridgehead atoms. The smallest absolute Gasteiger partial charge is 0.260 e. The van der Waals surface area contributed by atoms with E-state index < -0.39 is 10.0 Å². The highest BCUT2D eigenvalue weighted by Crippen LogP contribution is 2.25. The van der Waals surface area contributed by atoms with E-state index in [2.05, 4.69) is 9.97 Å². The van der Waals surface area contributed by atoms with Gasteiger partial charge in [-0.25, -0.2) is 13.4 Å². The summed E-state index contributed by atoms with van der Waals surface area (Å²) in [6, 6.07) is 9.64. The molecule has 1 aliphatic heterocycles. The zero-order valence-corrected chi connectivity index (χ0v) is 11.6. The summed E-state index contributed by atoms with van der Waals surface area (Å²) in [6.45, 7) is 1.04. The molecule has 2 heterocycles. The number of sulfonamides is 1. The maximum atomic E-state index is 12.4. The minimum atomic E-state index is -3.52. The number of rotatable bonds is 3. The third kappa shape index (κ3) is 2.47. The molecule has 1 fully saturated rings. The van der Waals surface area contributed by atoms with Crippen LogP contribution in [0.1, 0.15) is 11.7 Å². The van der Waals surface area contributed by atoms with Gasteiger partial charge in [0.05, 0.1) is 25.2 Å². The van der Waals surface area contributed by atoms with Crippen LogP contribution in [0.4, 0.5) is 0 Å². The molecule has 106 valence electrons. The van der Waals surface area contributed by atoms with Crippen LogP contribution < -0.4 is 0 Å². The van der Waals surface area contributed by atoms with E-state index in [9.17, 15) is 8.42 Å². The van der Waals surface area contributed by atoms with Crippen molar-refractivity contribution < 1.29 is 13.2 Å². The molecule has 2 aromatic rings. The fraction of sp³-hybridized carbons (Fsp3) is 0.308. The Morgan fingerprint density at radius 2 is 2.10 bits per heavy atom. The van der Waals surface area contributed by atoms with Crippen LogP contribution in [0.2, 0.25) is 0 Å². The van der Waals surface area contributed by atoms with Crippen LogP contribution in [0.15, 0.2) is 47.9 Å². The van der Waals surface area contributed by atoms with Gasteiger partial charge in [-0.2, -0.15) is 4.31 Å². The molecule has 3 rings (SSSR count). The maximum absolute atomic E-state index is 12.4. The normalized spacial score (nSPS) is 20.9. The number of ether oxygens (including phenoxy) is 1. The largest absolute Gasteiger partial charge is 0.371 e. The van der Waals surface area contributed by atoms with Crippen LogP contribution in [0, 0.1) is 0 Å². The molecule has 1 unspecified atom stereocenters. The van der Waals surface area contributed by atoms with Crippen molar-refractivity contribution in [2.75, 3.05) is 19.7 Å². The molecule has 0 aliphatic carbocycles. The molecule has 20 heavy (non-hydrogen) atoms. The van der Waals surface area contributed by atoms with Crippen LogP contribution in [-0.4, -0.2) is 42.4 Å². The molecule has 1 saturated heterocycles. The number of morpholine rings is 1. The van der Waals surface area contributed by atoms with E-state index in [1.807, 2.05) is 30.3 Å². The van der Waals surface area contributed by atoms with Gasteiger partial charge in [-0.15, -0.1) is 0 Å². The van der Waals surface area contributed by atoms with Crippen LogP contribution in [0.25, 0.3) is 0 Å². The Bertz CT molecular complexity index is 655. The van der Waals surface area contributed by atoms with Crippen molar-refractivity contribution in [1.82, 2.24) is 14.3 Å². The van der Waals surface area contributed by atoms with Gasteiger partial charge in [0.1, 0.15) is 0 Å². The lowest BCUT2D eigenvalue weighted by Gasteiger charge is -2.31. The Hall–Kier alpha value is -1.70. The number of H-pyrrole nitrogens is 1. The molecular weight excluding hydrogens is 278 g/mol. The van der Waals surface area contributed by atoms with Crippen molar-refractivity contribution in [2.45, 2.75) is 11.1 Å². The number of nitrogens with zero attached hydrogens (tertiary/aromatic N) is 2. The van der Waals surface area contributed by atoms with Gasteiger partial charge < -0.3 is 9.72 Å². The fourth-order valence-corrected chi connectivity index (χ4v) is 3.56. The highest BCUT2D eigenvalue weighted by molar-refractivity contribution is 7.89. The molecule has 0 saturated carbocycles. The molecule has 0 amide bonds. The van der Waals surface area contributed by atoms with E-state index >= 15 is 0 Å². The first-order valence-electron chi connectivity index (χ1n) is 6.33. The first-order valence-corrected chi connectivity index (χ1v) is 7.77. The van der Waals surface area contributed by atoms with E-state index in [1.165, 1.54) is 16.8 Å². The minimum Gasteiger partial charge on any atom is -0.371 e. The Morgan fingerprint density at radius 1 is 1.30 bits per heavy atom. The number of aromatic nitrogens is 2. The predicted molar refractivity (Wildman–Crippen MR) is 72.5 cm³/mol. The number of hydrogen-bond donors (Lipinski definition) is 1. The van der Waals surface area contributed by atoms with E-state index in [1.54, 1.807) is 0 Å². The third-order valence-corrected chi connectivity index (χ3v) is 5.08. The topological polar surface area (TPSA) is 75.3 Å². The number of aromatic amines is 1. The monoisotopic (exact) mass is 293 g/mol. The lowest BCUT2D eigenvalue weighted by Crippen LogP contribution is -2.42. The van der Waals surface area contributed by atoms with Crippen molar-refractivity contribution in [3.05, 3.63) is 48.4 Å². The molecule has 0 spiro atoms. The van der Waals surface area contributed by atoms with E-state index in [0.717, 1.165) is 5.56 Å². The third-order valence-electron chi connectivity index (χ3n) is 3.29. The van der Waals surface area contributed by atoms with Gasteiger partial charge in [-0.3, -0.25) is 0 Å².